The molecule has 7 heteroatoms. The number of rotatable bonds is 6. The van der Waals surface area contributed by atoms with Crippen LogP contribution in [0.25, 0.3) is 0 Å². The Morgan fingerprint density at radius 3 is 2.36 bits per heavy atom. The van der Waals surface area contributed by atoms with Gasteiger partial charge in [-0.1, -0.05) is 12.1 Å². The highest BCUT2D eigenvalue weighted by atomic mass is 32.2. The quantitative estimate of drug-likeness (QED) is 0.596. The minimum Gasteiger partial charge on any atom is -0.379 e. The highest BCUT2D eigenvalue weighted by Crippen LogP contribution is 2.19. The third-order valence-electron chi connectivity index (χ3n) is 4.74. The van der Waals surface area contributed by atoms with Gasteiger partial charge in [-0.05, 0) is 55.3 Å². The molecule has 0 aliphatic carbocycles. The maximum absolute atomic E-state index is 12.6. The monoisotopic (exact) mass is 400 g/mol. The van der Waals surface area contributed by atoms with Gasteiger partial charge in [0.1, 0.15) is 0 Å². The van der Waals surface area contributed by atoms with Gasteiger partial charge >= 0.3 is 0 Å². The van der Waals surface area contributed by atoms with Gasteiger partial charge in [0.2, 0.25) is 10.0 Å². The number of hydrogen-bond donors (Lipinski definition) is 1. The average Bonchev–Trinajstić information content (AvgIpc) is 2.71. The number of carbonyl (C=O) groups excluding carboxylic acids is 1. The summed E-state index contributed by atoms with van der Waals surface area (Å²) in [6.07, 6.45) is 3.02. The number of nitrogens with zero attached hydrogens (tertiary/aromatic N) is 1. The smallest absolute Gasteiger partial charge is 0.243 e. The van der Waals surface area contributed by atoms with Crippen molar-refractivity contribution in [2.24, 2.45) is 0 Å². The molecule has 6 nitrogen and oxygen atoms in total. The van der Waals surface area contributed by atoms with E-state index >= 15 is 0 Å². The van der Waals surface area contributed by atoms with Crippen molar-refractivity contribution in [1.82, 2.24) is 4.31 Å². The van der Waals surface area contributed by atoms with Crippen LogP contribution in [0.2, 0.25) is 0 Å². The second kappa shape index (κ2) is 8.68. The molecule has 0 aromatic heterocycles. The number of sulfonamides is 1. The van der Waals surface area contributed by atoms with Gasteiger partial charge in [0.15, 0.2) is 5.78 Å². The largest absolute Gasteiger partial charge is 0.379 e. The van der Waals surface area contributed by atoms with Crippen molar-refractivity contribution >= 4 is 21.5 Å². The molecule has 0 amide bonds. The van der Waals surface area contributed by atoms with Crippen LogP contribution in [0.5, 0.6) is 0 Å². The molecule has 1 heterocycles. The fourth-order valence-corrected chi connectivity index (χ4v) is 4.27. The molecule has 1 aliphatic rings. The Balaban J connectivity index is 1.63. The Bertz CT molecular complexity index is 976. The highest BCUT2D eigenvalue weighted by Gasteiger charge is 2.25. The summed E-state index contributed by atoms with van der Waals surface area (Å²) >= 11 is 0. The van der Waals surface area contributed by atoms with E-state index in [0.29, 0.717) is 37.6 Å². The molecule has 2 aromatic carbocycles. The molecule has 28 heavy (non-hydrogen) atoms. The predicted octanol–water partition coefficient (Wildman–Crippen LogP) is 3.13. The van der Waals surface area contributed by atoms with Crippen LogP contribution in [0.4, 0.5) is 5.69 Å². The van der Waals surface area contributed by atoms with Crippen molar-refractivity contribution in [1.29, 1.82) is 0 Å². The Labute approximate surface area is 165 Å². The van der Waals surface area contributed by atoms with E-state index in [4.69, 9.17) is 4.74 Å². The number of ketones is 1. The number of benzene rings is 2. The molecule has 3 rings (SSSR count). The van der Waals surface area contributed by atoms with Gasteiger partial charge in [-0.2, -0.15) is 4.31 Å². The van der Waals surface area contributed by atoms with Gasteiger partial charge < -0.3 is 10.1 Å². The number of hydrogen-bond acceptors (Lipinski definition) is 5. The van der Waals surface area contributed by atoms with Crippen LogP contribution < -0.4 is 5.32 Å². The highest BCUT2D eigenvalue weighted by molar-refractivity contribution is 7.89. The van der Waals surface area contributed by atoms with E-state index in [9.17, 15) is 13.2 Å². The lowest BCUT2D eigenvalue weighted by atomic mass is 10.0. The number of allylic oxidation sites excluding steroid dienone is 1. The summed E-state index contributed by atoms with van der Waals surface area (Å²) in [5.41, 5.74) is 3.55. The lowest BCUT2D eigenvalue weighted by molar-refractivity contribution is 0.0730. The number of nitrogens with one attached hydrogen (secondary N) is 1. The van der Waals surface area contributed by atoms with E-state index in [0.717, 1.165) is 11.1 Å². The maximum atomic E-state index is 12.6. The molecule has 0 unspecified atom stereocenters. The molecular weight excluding hydrogens is 376 g/mol. The third kappa shape index (κ3) is 4.67. The molecule has 1 N–H and O–H groups in total. The van der Waals surface area contributed by atoms with E-state index < -0.39 is 10.0 Å². The number of morpholine rings is 1. The van der Waals surface area contributed by atoms with E-state index in [1.807, 2.05) is 26.0 Å². The number of aryl methyl sites for hydroxylation is 2. The van der Waals surface area contributed by atoms with Crippen LogP contribution in [-0.4, -0.2) is 44.8 Å². The van der Waals surface area contributed by atoms with Gasteiger partial charge in [0.05, 0.1) is 18.1 Å². The second-order valence-corrected chi connectivity index (χ2v) is 8.62. The molecule has 148 valence electrons. The minimum atomic E-state index is -3.50. The Kier molecular flexibility index (Phi) is 6.28. The van der Waals surface area contributed by atoms with Gasteiger partial charge in [-0.25, -0.2) is 8.42 Å². The summed E-state index contributed by atoms with van der Waals surface area (Å²) in [7, 11) is -3.50. The summed E-state index contributed by atoms with van der Waals surface area (Å²) in [6, 6.07) is 12.1. The zero-order valence-corrected chi connectivity index (χ0v) is 16.8. The normalized spacial score (nSPS) is 15.6. The number of anilines is 1. The van der Waals surface area contributed by atoms with Crippen molar-refractivity contribution < 1.29 is 17.9 Å². The van der Waals surface area contributed by atoms with Crippen LogP contribution in [0, 0.1) is 13.8 Å². The SMILES string of the molecule is Cc1ccc(C(=O)/C=C/Nc2ccc(S(=O)(=O)N3CCOCC3)cc2)cc1C. The van der Waals surface area contributed by atoms with E-state index in [1.54, 1.807) is 36.5 Å². The van der Waals surface area contributed by atoms with Gasteiger partial charge in [-0.15, -0.1) is 0 Å². The molecule has 1 aliphatic heterocycles. The minimum absolute atomic E-state index is 0.0953. The van der Waals surface area contributed by atoms with Crippen LogP contribution in [-0.2, 0) is 14.8 Å². The van der Waals surface area contributed by atoms with Crippen molar-refractivity contribution in [3.63, 3.8) is 0 Å². The first kappa shape index (κ1) is 20.3. The first-order chi connectivity index (χ1) is 13.4. The van der Waals surface area contributed by atoms with Crippen LogP contribution in [0.15, 0.2) is 59.6 Å². The van der Waals surface area contributed by atoms with Crippen molar-refractivity contribution in [3.8, 4) is 0 Å². The molecule has 0 atom stereocenters. The van der Waals surface area contributed by atoms with E-state index in [-0.39, 0.29) is 10.7 Å². The third-order valence-corrected chi connectivity index (χ3v) is 6.65. The van der Waals surface area contributed by atoms with Crippen LogP contribution in [0.1, 0.15) is 21.5 Å². The summed E-state index contributed by atoms with van der Waals surface area (Å²) in [5.74, 6) is -0.0953. The number of carbonyl (C=O) groups is 1. The summed E-state index contributed by atoms with van der Waals surface area (Å²) in [5, 5.41) is 3.00. The summed E-state index contributed by atoms with van der Waals surface area (Å²) in [4.78, 5) is 12.5. The van der Waals surface area contributed by atoms with E-state index in [2.05, 4.69) is 5.32 Å². The lowest BCUT2D eigenvalue weighted by Gasteiger charge is -2.26. The Hall–Kier alpha value is -2.48. The van der Waals surface area contributed by atoms with Crippen molar-refractivity contribution in [2.75, 3.05) is 31.6 Å². The molecule has 0 saturated carbocycles. The predicted molar refractivity (Wildman–Crippen MR) is 109 cm³/mol. The first-order valence-electron chi connectivity index (χ1n) is 9.10. The zero-order chi connectivity index (χ0) is 20.1. The summed E-state index contributed by atoms with van der Waals surface area (Å²) < 4.78 is 31.8. The molecule has 0 radical (unpaired) electrons. The van der Waals surface area contributed by atoms with E-state index in [1.165, 1.54) is 10.4 Å². The zero-order valence-electron chi connectivity index (χ0n) is 16.0. The number of ether oxygens (including phenoxy) is 1. The van der Waals surface area contributed by atoms with Gasteiger partial charge in [0, 0.05) is 36.6 Å². The Morgan fingerprint density at radius 1 is 1.04 bits per heavy atom. The molecule has 2 aromatic rings. The lowest BCUT2D eigenvalue weighted by Crippen LogP contribution is -2.40. The summed E-state index contributed by atoms with van der Waals surface area (Å²) in [6.45, 7) is 5.54. The second-order valence-electron chi connectivity index (χ2n) is 6.68. The molecular formula is C21H24N2O4S. The fraction of sp³-hybridized carbons (Fsp3) is 0.286. The van der Waals surface area contributed by atoms with Gasteiger partial charge in [0.25, 0.3) is 0 Å². The topological polar surface area (TPSA) is 75.7 Å². The van der Waals surface area contributed by atoms with Crippen molar-refractivity contribution in [2.45, 2.75) is 18.7 Å². The average molecular weight is 401 g/mol. The van der Waals surface area contributed by atoms with Gasteiger partial charge in [-0.3, -0.25) is 4.79 Å². The van der Waals surface area contributed by atoms with Crippen LogP contribution >= 0.6 is 0 Å². The maximum Gasteiger partial charge on any atom is 0.243 e. The van der Waals surface area contributed by atoms with Crippen LogP contribution in [0.3, 0.4) is 0 Å². The Morgan fingerprint density at radius 2 is 1.71 bits per heavy atom. The fourth-order valence-electron chi connectivity index (χ4n) is 2.86. The molecule has 0 spiro atoms. The molecule has 1 fully saturated rings. The van der Waals surface area contributed by atoms with Crippen molar-refractivity contribution in [3.05, 3.63) is 71.4 Å². The molecule has 1 saturated heterocycles. The molecule has 0 bridgehead atoms. The first-order valence-corrected chi connectivity index (χ1v) is 10.5. The standard InChI is InChI=1S/C21H24N2O4S/c1-16-3-4-18(15-17(16)2)21(24)9-10-22-19-5-7-20(8-6-19)28(25,26)23-11-13-27-14-12-23/h3-10,15,22H,11-14H2,1-2H3/b10-9+.